The fourth-order valence-corrected chi connectivity index (χ4v) is 0.895. The lowest BCUT2D eigenvalue weighted by Gasteiger charge is -2.06. The minimum atomic E-state index is 0.140. The molecule has 0 radical (unpaired) electrons. The number of hydrogen-bond acceptors (Lipinski definition) is 3. The summed E-state index contributed by atoms with van der Waals surface area (Å²) in [5, 5.41) is 11.8. The van der Waals surface area contributed by atoms with Crippen LogP contribution in [0.2, 0.25) is 0 Å². The lowest BCUT2D eigenvalue weighted by Crippen LogP contribution is -2.29. The Morgan fingerprint density at radius 2 is 2.54 bits per heavy atom. The fraction of sp³-hybridized carbons (Fsp3) is 0.400. The van der Waals surface area contributed by atoms with Crippen LogP contribution in [0.4, 0.5) is 0 Å². The highest BCUT2D eigenvalue weighted by Gasteiger charge is 1.94. The molecule has 0 bridgehead atoms. The molecule has 0 aliphatic carbocycles. The van der Waals surface area contributed by atoms with Gasteiger partial charge in [0.2, 0.25) is 0 Å². The van der Waals surface area contributed by atoms with Gasteiger partial charge in [-0.05, 0) is 25.1 Å². The Hall–Kier alpha value is -1.06. The van der Waals surface area contributed by atoms with E-state index in [2.05, 4.69) is 5.32 Å². The molecule has 2 N–H and O–H groups in total. The van der Waals surface area contributed by atoms with Crippen LogP contribution in [0.25, 0.3) is 6.08 Å². The molecular weight excluding hydrogens is 166 g/mol. The molecular formula is C10H15NO2. The third kappa shape index (κ3) is 3.92. The third-order valence-electron chi connectivity index (χ3n) is 1.68. The quantitative estimate of drug-likeness (QED) is 0.719. The van der Waals surface area contributed by atoms with E-state index in [1.807, 2.05) is 31.2 Å². The summed E-state index contributed by atoms with van der Waals surface area (Å²) in [5.74, 6) is 0.846. The molecule has 3 nitrogen and oxygen atoms in total. The van der Waals surface area contributed by atoms with Crippen LogP contribution in [0.1, 0.15) is 12.7 Å². The van der Waals surface area contributed by atoms with Crippen LogP contribution in [0.5, 0.6) is 0 Å². The maximum atomic E-state index is 8.71. The number of nitrogens with one attached hydrogen (secondary N) is 1. The van der Waals surface area contributed by atoms with E-state index in [1.54, 1.807) is 6.26 Å². The molecule has 1 rings (SSSR count). The van der Waals surface area contributed by atoms with E-state index in [0.717, 1.165) is 12.3 Å². The van der Waals surface area contributed by atoms with Gasteiger partial charge in [0, 0.05) is 12.6 Å². The van der Waals surface area contributed by atoms with Gasteiger partial charge in [0.25, 0.3) is 0 Å². The zero-order chi connectivity index (χ0) is 9.52. The van der Waals surface area contributed by atoms with Gasteiger partial charge in [-0.2, -0.15) is 0 Å². The van der Waals surface area contributed by atoms with E-state index in [4.69, 9.17) is 9.52 Å². The molecule has 1 aromatic heterocycles. The Kier molecular flexibility index (Phi) is 4.29. The van der Waals surface area contributed by atoms with E-state index in [1.165, 1.54) is 0 Å². The summed E-state index contributed by atoms with van der Waals surface area (Å²) in [6, 6.07) is 3.89. The van der Waals surface area contributed by atoms with Crippen molar-refractivity contribution in [2.75, 3.05) is 13.2 Å². The van der Waals surface area contributed by atoms with Crippen molar-refractivity contribution in [1.82, 2.24) is 5.32 Å². The van der Waals surface area contributed by atoms with Crippen molar-refractivity contribution >= 4 is 6.08 Å². The molecule has 0 aliphatic heterocycles. The molecule has 0 amide bonds. The van der Waals surface area contributed by atoms with Crippen LogP contribution >= 0.6 is 0 Å². The van der Waals surface area contributed by atoms with Crippen LogP contribution in [0.3, 0.4) is 0 Å². The van der Waals surface area contributed by atoms with Crippen molar-refractivity contribution in [3.05, 3.63) is 30.2 Å². The van der Waals surface area contributed by atoms with Crippen LogP contribution in [-0.2, 0) is 0 Å². The van der Waals surface area contributed by atoms with Crippen molar-refractivity contribution in [2.45, 2.75) is 13.0 Å². The molecule has 0 aromatic carbocycles. The molecule has 3 heteroatoms. The summed E-state index contributed by atoms with van der Waals surface area (Å²) in [5.41, 5.74) is 0. The van der Waals surface area contributed by atoms with Crippen LogP contribution < -0.4 is 5.32 Å². The summed E-state index contributed by atoms with van der Waals surface area (Å²) in [6.45, 7) is 2.83. The second-order valence-electron chi connectivity index (χ2n) is 2.91. The van der Waals surface area contributed by atoms with Gasteiger partial charge in [0.05, 0.1) is 12.9 Å². The molecule has 0 fully saturated rings. The van der Waals surface area contributed by atoms with E-state index >= 15 is 0 Å². The van der Waals surface area contributed by atoms with Gasteiger partial charge in [-0.25, -0.2) is 0 Å². The Morgan fingerprint density at radius 3 is 3.15 bits per heavy atom. The van der Waals surface area contributed by atoms with E-state index in [9.17, 15) is 0 Å². The summed E-state index contributed by atoms with van der Waals surface area (Å²) in [4.78, 5) is 0. The van der Waals surface area contributed by atoms with E-state index in [-0.39, 0.29) is 12.6 Å². The molecule has 0 spiro atoms. The molecule has 0 aliphatic rings. The monoisotopic (exact) mass is 181 g/mol. The average Bonchev–Trinajstić information content (AvgIpc) is 2.64. The Balaban J connectivity index is 2.19. The zero-order valence-electron chi connectivity index (χ0n) is 7.73. The zero-order valence-corrected chi connectivity index (χ0v) is 7.73. The number of aliphatic hydroxyl groups is 1. The molecule has 0 saturated carbocycles. The Bertz CT molecular complexity index is 241. The van der Waals surface area contributed by atoms with Gasteiger partial charge in [-0.15, -0.1) is 0 Å². The predicted molar refractivity (Wildman–Crippen MR) is 52.3 cm³/mol. The molecule has 1 aromatic rings. The summed E-state index contributed by atoms with van der Waals surface area (Å²) < 4.78 is 5.10. The van der Waals surface area contributed by atoms with Crippen molar-refractivity contribution < 1.29 is 9.52 Å². The van der Waals surface area contributed by atoms with Gasteiger partial charge in [0.15, 0.2) is 0 Å². The molecule has 1 atom stereocenters. The average molecular weight is 181 g/mol. The topological polar surface area (TPSA) is 45.4 Å². The number of hydrogen-bond donors (Lipinski definition) is 2. The second kappa shape index (κ2) is 5.56. The maximum Gasteiger partial charge on any atom is 0.126 e. The normalized spacial score (nSPS) is 13.7. The van der Waals surface area contributed by atoms with Gasteiger partial charge in [-0.3, -0.25) is 0 Å². The highest BCUT2D eigenvalue weighted by Crippen LogP contribution is 2.01. The third-order valence-corrected chi connectivity index (χ3v) is 1.68. The van der Waals surface area contributed by atoms with Crippen LogP contribution in [-0.4, -0.2) is 24.3 Å². The van der Waals surface area contributed by atoms with Crippen molar-refractivity contribution in [3.63, 3.8) is 0 Å². The first kappa shape index (κ1) is 10.0. The largest absolute Gasteiger partial charge is 0.465 e. The van der Waals surface area contributed by atoms with Gasteiger partial charge in [0.1, 0.15) is 5.76 Å². The molecule has 1 unspecified atom stereocenters. The first-order valence-corrected chi connectivity index (χ1v) is 4.37. The molecule has 72 valence electrons. The SMILES string of the molecule is CC(CO)NC/C=C/c1ccco1. The lowest BCUT2D eigenvalue weighted by atomic mass is 10.3. The number of furan rings is 1. The first-order chi connectivity index (χ1) is 6.33. The highest BCUT2D eigenvalue weighted by atomic mass is 16.3. The molecule has 1 heterocycles. The summed E-state index contributed by atoms with van der Waals surface area (Å²) in [6.07, 6.45) is 5.51. The van der Waals surface area contributed by atoms with Gasteiger partial charge < -0.3 is 14.8 Å². The highest BCUT2D eigenvalue weighted by molar-refractivity contribution is 5.42. The minimum Gasteiger partial charge on any atom is -0.465 e. The minimum absolute atomic E-state index is 0.140. The van der Waals surface area contributed by atoms with E-state index < -0.39 is 0 Å². The van der Waals surface area contributed by atoms with Crippen LogP contribution in [0, 0.1) is 0 Å². The standard InChI is InChI=1S/C10H15NO2/c1-9(8-12)11-6-2-4-10-5-3-7-13-10/h2-5,7,9,11-12H,6,8H2,1H3/b4-2+. The second-order valence-corrected chi connectivity index (χ2v) is 2.91. The van der Waals surface area contributed by atoms with Crippen molar-refractivity contribution in [1.29, 1.82) is 0 Å². The first-order valence-electron chi connectivity index (χ1n) is 4.37. The molecule has 13 heavy (non-hydrogen) atoms. The smallest absolute Gasteiger partial charge is 0.126 e. The summed E-state index contributed by atoms with van der Waals surface area (Å²) in [7, 11) is 0. The van der Waals surface area contributed by atoms with Gasteiger partial charge >= 0.3 is 0 Å². The van der Waals surface area contributed by atoms with Gasteiger partial charge in [-0.1, -0.05) is 6.08 Å². The number of rotatable bonds is 5. The summed E-state index contributed by atoms with van der Waals surface area (Å²) >= 11 is 0. The lowest BCUT2D eigenvalue weighted by molar-refractivity contribution is 0.255. The van der Waals surface area contributed by atoms with Crippen LogP contribution in [0.15, 0.2) is 28.9 Å². The van der Waals surface area contributed by atoms with Crippen molar-refractivity contribution in [3.8, 4) is 0 Å². The van der Waals surface area contributed by atoms with Crippen molar-refractivity contribution in [2.24, 2.45) is 0 Å². The van der Waals surface area contributed by atoms with E-state index in [0.29, 0.717) is 0 Å². The molecule has 0 saturated heterocycles. The fourth-order valence-electron chi connectivity index (χ4n) is 0.895. The number of aliphatic hydroxyl groups excluding tert-OH is 1. The Labute approximate surface area is 78.1 Å². The Morgan fingerprint density at radius 1 is 1.69 bits per heavy atom. The maximum absolute atomic E-state index is 8.71. The predicted octanol–water partition coefficient (Wildman–Crippen LogP) is 1.26.